The van der Waals surface area contributed by atoms with Crippen molar-refractivity contribution in [1.82, 2.24) is 0 Å². The van der Waals surface area contributed by atoms with Crippen LogP contribution >= 0.6 is 0 Å². The third-order valence-corrected chi connectivity index (χ3v) is 7.56. The van der Waals surface area contributed by atoms with Crippen molar-refractivity contribution in [3.05, 3.63) is 11.6 Å². The Balaban J connectivity index is 2.03. The van der Waals surface area contributed by atoms with Gasteiger partial charge in [-0.25, -0.2) is 0 Å². The number of hydrogen-bond acceptors (Lipinski definition) is 1. The third kappa shape index (κ3) is 4.33. The lowest BCUT2D eigenvalue weighted by molar-refractivity contribution is -0.116. The molecular formula is C23H40O. The van der Waals surface area contributed by atoms with E-state index in [9.17, 15) is 4.79 Å². The molecule has 24 heavy (non-hydrogen) atoms. The van der Waals surface area contributed by atoms with E-state index in [1.807, 2.05) is 0 Å². The molecule has 0 N–H and O–H groups in total. The molecule has 0 aromatic carbocycles. The Kier molecular flexibility index (Phi) is 6.37. The summed E-state index contributed by atoms with van der Waals surface area (Å²) in [6.07, 6.45) is 13.6. The molecule has 0 unspecified atom stereocenters. The number of carbonyl (C=O) groups excluding carboxylic acids is 1. The lowest BCUT2D eigenvalue weighted by Crippen LogP contribution is -2.51. The van der Waals surface area contributed by atoms with Crippen LogP contribution in [0, 0.1) is 28.6 Å². The topological polar surface area (TPSA) is 17.1 Å². The monoisotopic (exact) mass is 332 g/mol. The van der Waals surface area contributed by atoms with Crippen molar-refractivity contribution in [2.75, 3.05) is 0 Å². The zero-order valence-corrected chi connectivity index (χ0v) is 17.1. The van der Waals surface area contributed by atoms with E-state index in [2.05, 4.69) is 40.7 Å². The maximum Gasteiger partial charge on any atom is 0.130 e. The highest BCUT2D eigenvalue weighted by Gasteiger charge is 2.53. The first-order valence-electron chi connectivity index (χ1n) is 10.3. The van der Waals surface area contributed by atoms with Crippen molar-refractivity contribution in [1.29, 1.82) is 0 Å². The summed E-state index contributed by atoms with van der Waals surface area (Å²) in [5, 5.41) is 0. The van der Waals surface area contributed by atoms with Crippen LogP contribution in [0.15, 0.2) is 11.6 Å². The number of Topliss-reactive ketones (excluding diaryl/α,β-unsaturated/α-hetero) is 1. The minimum absolute atomic E-state index is 0.305. The molecule has 0 spiro atoms. The SMILES string of the molecule is CC(=O)CCC=C(C)CC[C@@H]1[C@H](C)CC[C@H]2C(C)(C)CCC[C@]12C. The molecule has 138 valence electrons. The molecule has 2 aliphatic rings. The maximum absolute atomic E-state index is 11.1. The quantitative estimate of drug-likeness (QED) is 0.480. The van der Waals surface area contributed by atoms with Crippen molar-refractivity contribution in [3.63, 3.8) is 0 Å². The first-order valence-corrected chi connectivity index (χ1v) is 10.3. The predicted molar refractivity (Wildman–Crippen MR) is 104 cm³/mol. The van der Waals surface area contributed by atoms with Gasteiger partial charge in [-0.3, -0.25) is 0 Å². The molecule has 0 saturated heterocycles. The molecule has 1 nitrogen and oxygen atoms in total. The number of hydrogen-bond donors (Lipinski definition) is 0. The van der Waals surface area contributed by atoms with Gasteiger partial charge in [0, 0.05) is 6.42 Å². The van der Waals surface area contributed by atoms with Gasteiger partial charge >= 0.3 is 0 Å². The van der Waals surface area contributed by atoms with Gasteiger partial charge in [-0.05, 0) is 81.0 Å². The molecule has 0 radical (unpaired) electrons. The van der Waals surface area contributed by atoms with Crippen LogP contribution in [0.3, 0.4) is 0 Å². The Morgan fingerprint density at radius 3 is 2.46 bits per heavy atom. The summed E-state index contributed by atoms with van der Waals surface area (Å²) in [7, 11) is 0. The predicted octanol–water partition coefficient (Wildman–Crippen LogP) is 6.96. The number of carbonyl (C=O) groups is 1. The first kappa shape index (κ1) is 19.7. The lowest BCUT2D eigenvalue weighted by Gasteiger charge is -2.59. The first-order chi connectivity index (χ1) is 11.2. The molecule has 1 heteroatoms. The number of ketones is 1. The molecule has 0 amide bonds. The molecule has 0 heterocycles. The summed E-state index contributed by atoms with van der Waals surface area (Å²) in [6, 6.07) is 0. The fourth-order valence-electron chi connectivity index (χ4n) is 6.23. The number of fused-ring (bicyclic) bond motifs is 1. The van der Waals surface area contributed by atoms with Crippen LogP contribution in [0.2, 0.25) is 0 Å². The summed E-state index contributed by atoms with van der Waals surface area (Å²) in [4.78, 5) is 11.1. The summed E-state index contributed by atoms with van der Waals surface area (Å²) in [6.45, 7) is 14.1. The molecule has 4 atom stereocenters. The van der Waals surface area contributed by atoms with E-state index < -0.39 is 0 Å². The Bertz CT molecular complexity index is 472. The van der Waals surface area contributed by atoms with E-state index in [4.69, 9.17) is 0 Å². The molecule has 0 aromatic rings. The standard InChI is InChI=1S/C23H40O/c1-17(9-7-10-19(3)24)11-13-20-18(2)12-14-21-22(4,5)15-8-16-23(20,21)6/h9,18,20-21H,7-8,10-16H2,1-6H3/t18-,20-,21+,23-/m1/s1. The van der Waals surface area contributed by atoms with Crippen molar-refractivity contribution >= 4 is 5.78 Å². The van der Waals surface area contributed by atoms with Gasteiger partial charge in [0.15, 0.2) is 0 Å². The summed E-state index contributed by atoms with van der Waals surface area (Å²) in [5.41, 5.74) is 2.56. The van der Waals surface area contributed by atoms with E-state index in [1.165, 1.54) is 50.5 Å². The maximum atomic E-state index is 11.1. The van der Waals surface area contributed by atoms with Crippen LogP contribution in [0.1, 0.15) is 99.3 Å². The smallest absolute Gasteiger partial charge is 0.130 e. The molecule has 0 aromatic heterocycles. The van der Waals surface area contributed by atoms with Gasteiger partial charge in [-0.2, -0.15) is 0 Å². The third-order valence-electron chi connectivity index (χ3n) is 7.56. The molecule has 2 fully saturated rings. The molecular weight excluding hydrogens is 292 g/mol. The summed E-state index contributed by atoms with van der Waals surface area (Å²) >= 11 is 0. The lowest BCUT2D eigenvalue weighted by atomic mass is 9.46. The minimum atomic E-state index is 0.305. The highest BCUT2D eigenvalue weighted by Crippen LogP contribution is 2.62. The van der Waals surface area contributed by atoms with Crippen LogP contribution in [0.4, 0.5) is 0 Å². The Hall–Kier alpha value is -0.590. The van der Waals surface area contributed by atoms with Crippen LogP contribution in [-0.4, -0.2) is 5.78 Å². The van der Waals surface area contributed by atoms with Crippen LogP contribution < -0.4 is 0 Å². The average Bonchev–Trinajstić information content (AvgIpc) is 2.45. The van der Waals surface area contributed by atoms with Gasteiger partial charge < -0.3 is 4.79 Å². The summed E-state index contributed by atoms with van der Waals surface area (Å²) < 4.78 is 0. The minimum Gasteiger partial charge on any atom is -0.300 e. The van der Waals surface area contributed by atoms with E-state index in [1.54, 1.807) is 6.92 Å². The zero-order chi connectivity index (χ0) is 18.0. The fourth-order valence-corrected chi connectivity index (χ4v) is 6.23. The van der Waals surface area contributed by atoms with Gasteiger partial charge in [-0.1, -0.05) is 52.2 Å². The molecule has 0 aliphatic heterocycles. The van der Waals surface area contributed by atoms with E-state index in [-0.39, 0.29) is 0 Å². The second kappa shape index (κ2) is 7.75. The fraction of sp³-hybridized carbons (Fsp3) is 0.870. The molecule has 2 rings (SSSR count). The van der Waals surface area contributed by atoms with E-state index in [0.29, 0.717) is 23.0 Å². The average molecular weight is 333 g/mol. The van der Waals surface area contributed by atoms with Crippen molar-refractivity contribution < 1.29 is 4.79 Å². The van der Waals surface area contributed by atoms with Crippen molar-refractivity contribution in [2.24, 2.45) is 28.6 Å². The molecule has 2 saturated carbocycles. The van der Waals surface area contributed by atoms with Gasteiger partial charge in [0.05, 0.1) is 0 Å². The van der Waals surface area contributed by atoms with Crippen LogP contribution in [0.5, 0.6) is 0 Å². The molecule has 0 bridgehead atoms. The van der Waals surface area contributed by atoms with Gasteiger partial charge in [0.1, 0.15) is 5.78 Å². The Labute approximate surface area is 150 Å². The second-order valence-corrected chi connectivity index (χ2v) is 9.89. The summed E-state index contributed by atoms with van der Waals surface area (Å²) in [5.74, 6) is 2.94. The van der Waals surface area contributed by atoms with Gasteiger partial charge in [-0.15, -0.1) is 0 Å². The highest BCUT2D eigenvalue weighted by atomic mass is 16.1. The number of allylic oxidation sites excluding steroid dienone is 2. The number of rotatable bonds is 6. The highest BCUT2D eigenvalue weighted by molar-refractivity contribution is 5.75. The van der Waals surface area contributed by atoms with Crippen molar-refractivity contribution in [3.8, 4) is 0 Å². The Morgan fingerprint density at radius 2 is 1.79 bits per heavy atom. The molecule has 2 aliphatic carbocycles. The van der Waals surface area contributed by atoms with E-state index >= 15 is 0 Å². The van der Waals surface area contributed by atoms with Crippen LogP contribution in [-0.2, 0) is 4.79 Å². The Morgan fingerprint density at radius 1 is 1.08 bits per heavy atom. The van der Waals surface area contributed by atoms with Crippen molar-refractivity contribution in [2.45, 2.75) is 99.3 Å². The van der Waals surface area contributed by atoms with Crippen LogP contribution in [0.25, 0.3) is 0 Å². The van der Waals surface area contributed by atoms with Gasteiger partial charge in [0.25, 0.3) is 0 Å². The largest absolute Gasteiger partial charge is 0.300 e. The van der Waals surface area contributed by atoms with E-state index in [0.717, 1.165) is 24.2 Å². The zero-order valence-electron chi connectivity index (χ0n) is 17.1. The second-order valence-electron chi connectivity index (χ2n) is 9.89. The normalized spacial score (nSPS) is 36.2. The van der Waals surface area contributed by atoms with Gasteiger partial charge in [0.2, 0.25) is 0 Å².